The summed E-state index contributed by atoms with van der Waals surface area (Å²) in [7, 11) is -0.954. The zero-order valence-corrected chi connectivity index (χ0v) is 23.0. The van der Waals surface area contributed by atoms with E-state index >= 15 is 0 Å². The van der Waals surface area contributed by atoms with E-state index in [-0.39, 0.29) is 35.5 Å². The van der Waals surface area contributed by atoms with Gasteiger partial charge in [-0.1, -0.05) is 55.7 Å². The quantitative estimate of drug-likeness (QED) is 0.241. The normalized spacial score (nSPS) is 25.7. The maximum atomic E-state index is 13.7. The van der Waals surface area contributed by atoms with Crippen molar-refractivity contribution >= 4 is 36.3 Å². The van der Waals surface area contributed by atoms with E-state index < -0.39 is 13.0 Å². The Morgan fingerprint density at radius 2 is 2.00 bits per heavy atom. The van der Waals surface area contributed by atoms with Crippen molar-refractivity contribution < 1.29 is 24.4 Å². The number of likely N-dealkylation sites (tertiary alicyclic amines) is 1. The Hall–Kier alpha value is -2.68. The monoisotopic (exact) mass is 533 g/mol. The summed E-state index contributed by atoms with van der Waals surface area (Å²) < 4.78 is 6.13. The molecule has 3 aliphatic rings. The van der Waals surface area contributed by atoms with Crippen LogP contribution in [0.3, 0.4) is 0 Å². The first-order valence-electron chi connectivity index (χ1n) is 13.8. The van der Waals surface area contributed by atoms with Crippen LogP contribution in [0.25, 0.3) is 6.08 Å². The average Bonchev–Trinajstić information content (AvgIpc) is 3.49. The van der Waals surface area contributed by atoms with Gasteiger partial charge >= 0.3 is 7.12 Å². The summed E-state index contributed by atoms with van der Waals surface area (Å²) in [5, 5.41) is 22.6. The largest absolute Gasteiger partial charge is 0.508 e. The molecule has 6 nitrogen and oxygen atoms in total. The molecule has 2 fully saturated rings. The molecule has 0 radical (unpaired) electrons. The van der Waals surface area contributed by atoms with Crippen LogP contribution in [0.4, 0.5) is 0 Å². The molecule has 3 heterocycles. The number of amides is 2. The summed E-state index contributed by atoms with van der Waals surface area (Å²) in [5.41, 5.74) is 4.58. The average molecular weight is 533 g/mol. The Morgan fingerprint density at radius 1 is 1.16 bits per heavy atom. The smallest absolute Gasteiger partial charge is 0.455 e. The highest BCUT2D eigenvalue weighted by Crippen LogP contribution is 2.51. The molecule has 2 N–H and O–H groups in total. The molecule has 1 aliphatic carbocycles. The number of hydrogen-bond donors (Lipinski definition) is 2. The first kappa shape index (κ1) is 26.9. The molecule has 38 heavy (non-hydrogen) atoms. The van der Waals surface area contributed by atoms with Gasteiger partial charge in [0.25, 0.3) is 0 Å². The number of fused-ring (bicyclic) bond motifs is 3. The molecular formula is C30H36BNO5S. The Morgan fingerprint density at radius 3 is 2.71 bits per heavy atom. The minimum Gasteiger partial charge on any atom is -0.508 e. The molecule has 2 amide bonds. The number of hydrogen-bond acceptors (Lipinski definition) is 6. The Labute approximate surface area is 229 Å². The molecule has 2 aliphatic heterocycles. The van der Waals surface area contributed by atoms with Gasteiger partial charge in [0.15, 0.2) is 0 Å². The number of carbonyl (C=O) groups is 2. The predicted molar refractivity (Wildman–Crippen MR) is 150 cm³/mol. The van der Waals surface area contributed by atoms with Crippen LogP contribution in [-0.2, 0) is 20.8 Å². The van der Waals surface area contributed by atoms with Gasteiger partial charge in [0, 0.05) is 4.88 Å². The zero-order valence-electron chi connectivity index (χ0n) is 22.1. The SMILES string of the molecule is CCC/C(=C\c1cccc(O)c1)CC[C@H]1OB(O)C[C@H]2C1=C(CC)C[C@H]1C(=O)N(Cc3cccs3)C(=O)[C@H]12. The van der Waals surface area contributed by atoms with Gasteiger partial charge < -0.3 is 14.8 Å². The van der Waals surface area contributed by atoms with Gasteiger partial charge in [-0.25, -0.2) is 0 Å². The molecule has 1 aromatic heterocycles. The highest BCUT2D eigenvalue weighted by atomic mass is 32.1. The van der Waals surface area contributed by atoms with Gasteiger partial charge in [-0.05, 0) is 79.1 Å². The van der Waals surface area contributed by atoms with E-state index in [0.717, 1.165) is 41.7 Å². The van der Waals surface area contributed by atoms with Crippen LogP contribution in [0.2, 0.25) is 6.32 Å². The molecule has 4 atom stereocenters. The lowest BCUT2D eigenvalue weighted by atomic mass is 9.58. The van der Waals surface area contributed by atoms with Crippen molar-refractivity contribution in [2.24, 2.45) is 17.8 Å². The fourth-order valence-electron chi connectivity index (χ4n) is 6.64. The third kappa shape index (κ3) is 5.40. The number of phenols is 1. The molecule has 0 saturated carbocycles. The fraction of sp³-hybridized carbons (Fsp3) is 0.467. The molecule has 5 rings (SSSR count). The number of rotatable bonds is 9. The summed E-state index contributed by atoms with van der Waals surface area (Å²) in [6.07, 6.45) is 7.03. The molecule has 2 saturated heterocycles. The van der Waals surface area contributed by atoms with Crippen LogP contribution in [0.5, 0.6) is 5.75 Å². The summed E-state index contributed by atoms with van der Waals surface area (Å²) in [6.45, 7) is 4.59. The molecule has 0 spiro atoms. The van der Waals surface area contributed by atoms with Crippen LogP contribution in [0, 0.1) is 17.8 Å². The summed E-state index contributed by atoms with van der Waals surface area (Å²) in [4.78, 5) is 29.5. The van der Waals surface area contributed by atoms with E-state index in [9.17, 15) is 19.7 Å². The minimum absolute atomic E-state index is 0.0739. The standard InChI is InChI=1S/C30H36BNO5S/c1-3-7-19(14-20-8-5-9-22(33)15-20)11-12-26-27-21(4-2)16-24-28(25(27)17-31(36)37-26)30(35)32(29(24)34)18-23-10-6-13-38-23/h5-6,8-10,13-15,24-26,28,33,36H,3-4,7,11-12,16-18H2,1-2H3/b19-14+/t24-,25+,26-,28-/m1/s1. The number of nitrogens with zero attached hydrogens (tertiary/aromatic N) is 1. The zero-order chi connectivity index (χ0) is 26.8. The van der Waals surface area contributed by atoms with Crippen molar-refractivity contribution in [1.82, 2.24) is 4.90 Å². The topological polar surface area (TPSA) is 87.1 Å². The number of thiophene rings is 1. The van der Waals surface area contributed by atoms with E-state index in [4.69, 9.17) is 4.65 Å². The number of imide groups is 1. The number of phenolic OH excluding ortho intramolecular Hbond substituents is 1. The van der Waals surface area contributed by atoms with Gasteiger partial charge in [0.1, 0.15) is 5.75 Å². The van der Waals surface area contributed by atoms with Crippen LogP contribution in [-0.4, -0.2) is 40.1 Å². The third-order valence-corrected chi connectivity index (χ3v) is 9.12. The third-order valence-electron chi connectivity index (χ3n) is 8.26. The Kier molecular flexibility index (Phi) is 8.22. The maximum absolute atomic E-state index is 13.7. The van der Waals surface area contributed by atoms with E-state index in [1.54, 1.807) is 23.5 Å². The van der Waals surface area contributed by atoms with Crippen molar-refractivity contribution in [3.8, 4) is 5.75 Å². The second kappa shape index (κ2) is 11.6. The Bertz CT molecular complexity index is 1240. The molecule has 200 valence electrons. The van der Waals surface area contributed by atoms with Crippen LogP contribution in [0.1, 0.15) is 62.8 Å². The lowest BCUT2D eigenvalue weighted by Gasteiger charge is -2.43. The van der Waals surface area contributed by atoms with Crippen molar-refractivity contribution in [2.75, 3.05) is 0 Å². The fourth-order valence-corrected chi connectivity index (χ4v) is 7.33. The summed E-state index contributed by atoms with van der Waals surface area (Å²) >= 11 is 1.55. The lowest BCUT2D eigenvalue weighted by molar-refractivity contribution is -0.140. The van der Waals surface area contributed by atoms with Gasteiger partial charge in [0.2, 0.25) is 11.8 Å². The number of carbonyl (C=O) groups excluding carboxylic acids is 2. The van der Waals surface area contributed by atoms with Crippen LogP contribution < -0.4 is 0 Å². The lowest BCUT2D eigenvalue weighted by Crippen LogP contribution is -2.46. The summed E-state index contributed by atoms with van der Waals surface area (Å²) in [6, 6.07) is 11.1. The number of benzene rings is 1. The molecular weight excluding hydrogens is 497 g/mol. The minimum atomic E-state index is -0.954. The Balaban J connectivity index is 1.39. The number of aromatic hydroxyl groups is 1. The van der Waals surface area contributed by atoms with Gasteiger partial charge in [0.05, 0.1) is 24.5 Å². The van der Waals surface area contributed by atoms with Gasteiger partial charge in [-0.15, -0.1) is 11.3 Å². The van der Waals surface area contributed by atoms with Gasteiger partial charge in [-0.2, -0.15) is 0 Å². The number of allylic oxidation sites excluding steroid dienone is 2. The summed E-state index contributed by atoms with van der Waals surface area (Å²) in [5.74, 6) is -0.878. The van der Waals surface area contributed by atoms with E-state index in [2.05, 4.69) is 19.9 Å². The molecule has 1 aromatic carbocycles. The highest BCUT2D eigenvalue weighted by molar-refractivity contribution is 7.09. The first-order valence-corrected chi connectivity index (χ1v) is 14.7. The molecule has 8 heteroatoms. The second-order valence-electron chi connectivity index (χ2n) is 10.7. The second-order valence-corrected chi connectivity index (χ2v) is 11.7. The van der Waals surface area contributed by atoms with Gasteiger partial charge in [-0.3, -0.25) is 14.5 Å². The predicted octanol–water partition coefficient (Wildman–Crippen LogP) is 5.82. The van der Waals surface area contributed by atoms with Crippen molar-refractivity contribution in [1.29, 1.82) is 0 Å². The van der Waals surface area contributed by atoms with E-state index in [0.29, 0.717) is 25.7 Å². The highest BCUT2D eigenvalue weighted by Gasteiger charge is 2.57. The van der Waals surface area contributed by atoms with Crippen LogP contribution >= 0.6 is 11.3 Å². The molecule has 0 unspecified atom stereocenters. The van der Waals surface area contributed by atoms with Crippen LogP contribution in [0.15, 0.2) is 58.5 Å². The first-order chi connectivity index (χ1) is 18.4. The molecule has 0 bridgehead atoms. The van der Waals surface area contributed by atoms with Crippen molar-refractivity contribution in [2.45, 2.75) is 71.3 Å². The van der Waals surface area contributed by atoms with E-state index in [1.807, 2.05) is 29.6 Å². The maximum Gasteiger partial charge on any atom is 0.455 e. The van der Waals surface area contributed by atoms with Crippen molar-refractivity contribution in [3.05, 3.63) is 68.9 Å². The molecule has 2 aromatic rings. The van der Waals surface area contributed by atoms with E-state index in [1.165, 1.54) is 16.0 Å². The van der Waals surface area contributed by atoms with Crippen molar-refractivity contribution in [3.63, 3.8) is 0 Å².